The highest BCUT2D eigenvalue weighted by Gasteiger charge is 2.47. The average Bonchev–Trinajstić information content (AvgIpc) is 2.92. The molecule has 4 amide bonds. The van der Waals surface area contributed by atoms with Crippen molar-refractivity contribution in [2.24, 2.45) is 5.92 Å². The molecule has 0 aromatic heterocycles. The number of ether oxygens (including phenoxy) is 1. The van der Waals surface area contributed by atoms with Crippen molar-refractivity contribution in [3.8, 4) is 11.5 Å². The molecule has 2 aromatic carbocycles. The first-order valence-corrected chi connectivity index (χ1v) is 10.0. The van der Waals surface area contributed by atoms with Crippen molar-refractivity contribution in [1.82, 2.24) is 10.2 Å². The van der Waals surface area contributed by atoms with E-state index in [4.69, 9.17) is 4.74 Å². The highest BCUT2D eigenvalue weighted by atomic mass is 16.5. The fourth-order valence-electron chi connectivity index (χ4n) is 3.25. The standard InChI is InChI=1S/C23H27N3O4/c1-16(2)13-14-23(3)21(28)26(22(29)25-23)15-20(27)24-18-11-7-8-12-19(18)30-17-9-5-4-6-10-17/h4-12,16H,13-15H2,1-3H3,(H,24,27)(H,25,29). The number of para-hydroxylation sites is 3. The first-order chi connectivity index (χ1) is 14.3. The smallest absolute Gasteiger partial charge is 0.325 e. The zero-order chi connectivity index (χ0) is 21.7. The second-order valence-corrected chi connectivity index (χ2v) is 8.05. The van der Waals surface area contributed by atoms with Gasteiger partial charge in [-0.25, -0.2) is 4.79 Å². The second-order valence-electron chi connectivity index (χ2n) is 8.05. The minimum atomic E-state index is -0.976. The predicted molar refractivity (Wildman–Crippen MR) is 114 cm³/mol. The molecule has 7 heteroatoms. The molecule has 1 saturated heterocycles. The number of nitrogens with zero attached hydrogens (tertiary/aromatic N) is 1. The van der Waals surface area contributed by atoms with Gasteiger partial charge in [-0.3, -0.25) is 14.5 Å². The molecular weight excluding hydrogens is 382 g/mol. The summed E-state index contributed by atoms with van der Waals surface area (Å²) >= 11 is 0. The summed E-state index contributed by atoms with van der Waals surface area (Å²) in [6.07, 6.45) is 1.33. The van der Waals surface area contributed by atoms with E-state index in [-0.39, 0.29) is 12.5 Å². The van der Waals surface area contributed by atoms with Gasteiger partial charge in [0.1, 0.15) is 17.8 Å². The van der Waals surface area contributed by atoms with Crippen LogP contribution in [0.4, 0.5) is 10.5 Å². The molecule has 2 N–H and O–H groups in total. The van der Waals surface area contributed by atoms with Crippen LogP contribution in [0.25, 0.3) is 0 Å². The van der Waals surface area contributed by atoms with Crippen LogP contribution in [-0.2, 0) is 9.59 Å². The molecule has 1 heterocycles. The maximum atomic E-state index is 12.8. The van der Waals surface area contributed by atoms with Gasteiger partial charge in [0.05, 0.1) is 5.69 Å². The molecule has 1 fully saturated rings. The van der Waals surface area contributed by atoms with Crippen LogP contribution in [0.2, 0.25) is 0 Å². The minimum Gasteiger partial charge on any atom is -0.455 e. The van der Waals surface area contributed by atoms with Crippen molar-refractivity contribution in [2.75, 3.05) is 11.9 Å². The molecule has 0 radical (unpaired) electrons. The van der Waals surface area contributed by atoms with Crippen LogP contribution >= 0.6 is 0 Å². The number of imide groups is 1. The molecule has 0 bridgehead atoms. The largest absolute Gasteiger partial charge is 0.455 e. The number of hydrogen-bond acceptors (Lipinski definition) is 4. The van der Waals surface area contributed by atoms with E-state index in [1.54, 1.807) is 31.2 Å². The molecule has 2 aromatic rings. The lowest BCUT2D eigenvalue weighted by Gasteiger charge is -2.22. The number of amides is 4. The molecule has 30 heavy (non-hydrogen) atoms. The van der Waals surface area contributed by atoms with Crippen LogP contribution in [0.1, 0.15) is 33.6 Å². The lowest BCUT2D eigenvalue weighted by atomic mass is 9.92. The first-order valence-electron chi connectivity index (χ1n) is 10.0. The van der Waals surface area contributed by atoms with Crippen LogP contribution in [-0.4, -0.2) is 34.8 Å². The Labute approximate surface area is 176 Å². The molecule has 7 nitrogen and oxygen atoms in total. The van der Waals surface area contributed by atoms with Crippen molar-refractivity contribution < 1.29 is 19.1 Å². The van der Waals surface area contributed by atoms with E-state index >= 15 is 0 Å². The van der Waals surface area contributed by atoms with Crippen molar-refractivity contribution in [3.05, 3.63) is 54.6 Å². The van der Waals surface area contributed by atoms with E-state index in [0.29, 0.717) is 29.5 Å². The summed E-state index contributed by atoms with van der Waals surface area (Å²) in [5, 5.41) is 5.47. The van der Waals surface area contributed by atoms with Gasteiger partial charge < -0.3 is 15.4 Å². The van der Waals surface area contributed by atoms with Gasteiger partial charge in [-0.05, 0) is 49.9 Å². The summed E-state index contributed by atoms with van der Waals surface area (Å²) < 4.78 is 5.84. The molecule has 1 unspecified atom stereocenters. The van der Waals surface area contributed by atoms with Crippen LogP contribution in [0.3, 0.4) is 0 Å². The maximum Gasteiger partial charge on any atom is 0.325 e. The van der Waals surface area contributed by atoms with E-state index in [2.05, 4.69) is 24.5 Å². The van der Waals surface area contributed by atoms with E-state index in [0.717, 1.165) is 11.3 Å². The number of nitrogens with one attached hydrogen (secondary N) is 2. The Balaban J connectivity index is 1.66. The summed E-state index contributed by atoms with van der Waals surface area (Å²) in [4.78, 5) is 38.7. The van der Waals surface area contributed by atoms with Gasteiger partial charge in [0.2, 0.25) is 5.91 Å². The Bertz CT molecular complexity index is 929. The molecule has 0 aliphatic carbocycles. The third-order valence-corrected chi connectivity index (χ3v) is 5.00. The van der Waals surface area contributed by atoms with Crippen LogP contribution in [0, 0.1) is 5.92 Å². The predicted octanol–water partition coefficient (Wildman–Crippen LogP) is 4.16. The lowest BCUT2D eigenvalue weighted by molar-refractivity contribution is -0.133. The Kier molecular flexibility index (Phi) is 6.40. The van der Waals surface area contributed by atoms with E-state index in [1.165, 1.54) is 0 Å². The molecule has 1 atom stereocenters. The quantitative estimate of drug-likeness (QED) is 0.641. The number of carbonyl (C=O) groups excluding carboxylic acids is 3. The second kappa shape index (κ2) is 8.98. The van der Waals surface area contributed by atoms with Gasteiger partial charge in [-0.2, -0.15) is 0 Å². The molecule has 0 saturated carbocycles. The zero-order valence-corrected chi connectivity index (χ0v) is 17.5. The Morgan fingerprint density at radius 3 is 2.47 bits per heavy atom. The summed E-state index contributed by atoms with van der Waals surface area (Å²) in [5.74, 6) is 0.656. The van der Waals surface area contributed by atoms with Gasteiger partial charge in [0.15, 0.2) is 5.75 Å². The van der Waals surface area contributed by atoms with Gasteiger partial charge in [-0.15, -0.1) is 0 Å². The number of hydrogen-bond donors (Lipinski definition) is 2. The lowest BCUT2D eigenvalue weighted by Crippen LogP contribution is -2.44. The summed E-state index contributed by atoms with van der Waals surface area (Å²) in [6.45, 7) is 5.47. The van der Waals surface area contributed by atoms with E-state index in [1.807, 2.05) is 30.3 Å². The van der Waals surface area contributed by atoms with Crippen molar-refractivity contribution >= 4 is 23.5 Å². The van der Waals surface area contributed by atoms with Gasteiger partial charge in [-0.1, -0.05) is 44.2 Å². The third-order valence-electron chi connectivity index (χ3n) is 5.00. The van der Waals surface area contributed by atoms with Crippen molar-refractivity contribution in [3.63, 3.8) is 0 Å². The number of anilines is 1. The van der Waals surface area contributed by atoms with E-state index < -0.39 is 17.5 Å². The molecule has 1 aliphatic rings. The Hall–Kier alpha value is -3.35. The molecular formula is C23H27N3O4. The van der Waals surface area contributed by atoms with E-state index in [9.17, 15) is 14.4 Å². The summed E-state index contributed by atoms with van der Waals surface area (Å²) in [6, 6.07) is 15.7. The van der Waals surface area contributed by atoms with Gasteiger partial charge >= 0.3 is 6.03 Å². The molecule has 0 spiro atoms. The van der Waals surface area contributed by atoms with Gasteiger partial charge in [0, 0.05) is 0 Å². The first kappa shape index (κ1) is 21.4. The molecule has 1 aliphatic heterocycles. The monoisotopic (exact) mass is 409 g/mol. The van der Waals surface area contributed by atoms with Crippen LogP contribution < -0.4 is 15.4 Å². The normalized spacial score (nSPS) is 18.5. The summed E-state index contributed by atoms with van der Waals surface area (Å²) in [7, 11) is 0. The maximum absolute atomic E-state index is 12.8. The molecule has 3 rings (SSSR count). The highest BCUT2D eigenvalue weighted by molar-refractivity contribution is 6.10. The number of rotatable bonds is 8. The Morgan fingerprint density at radius 2 is 1.77 bits per heavy atom. The summed E-state index contributed by atoms with van der Waals surface area (Å²) in [5.41, 5.74) is -0.517. The van der Waals surface area contributed by atoms with Crippen molar-refractivity contribution in [1.29, 1.82) is 0 Å². The number of benzene rings is 2. The fraction of sp³-hybridized carbons (Fsp3) is 0.348. The third kappa shape index (κ3) is 4.97. The topological polar surface area (TPSA) is 87.7 Å². The van der Waals surface area contributed by atoms with Crippen LogP contribution in [0.5, 0.6) is 11.5 Å². The Morgan fingerprint density at radius 1 is 1.10 bits per heavy atom. The van der Waals surface area contributed by atoms with Crippen LogP contribution in [0.15, 0.2) is 54.6 Å². The average molecular weight is 409 g/mol. The van der Waals surface area contributed by atoms with Crippen molar-refractivity contribution in [2.45, 2.75) is 39.2 Å². The van der Waals surface area contributed by atoms with Gasteiger partial charge in [0.25, 0.3) is 5.91 Å². The zero-order valence-electron chi connectivity index (χ0n) is 17.5. The molecule has 158 valence electrons. The highest BCUT2D eigenvalue weighted by Crippen LogP contribution is 2.29. The fourth-order valence-corrected chi connectivity index (χ4v) is 3.25. The minimum absolute atomic E-state index is 0.360. The number of urea groups is 1. The number of carbonyl (C=O) groups is 3. The SMILES string of the molecule is CC(C)CCC1(C)NC(=O)N(CC(=O)Nc2ccccc2Oc2ccccc2)C1=O.